The second-order valence-electron chi connectivity index (χ2n) is 4.83. The summed E-state index contributed by atoms with van der Waals surface area (Å²) in [7, 11) is 0. The molecule has 2 aromatic carbocycles. The maximum atomic E-state index is 10.7. The Morgan fingerprint density at radius 3 is 2.41 bits per heavy atom. The molecule has 1 heterocycles. The van der Waals surface area contributed by atoms with E-state index in [0.29, 0.717) is 0 Å². The average molecular weight is 311 g/mol. The second kappa shape index (κ2) is 5.95. The van der Waals surface area contributed by atoms with E-state index in [-0.39, 0.29) is 5.69 Å². The highest BCUT2D eigenvalue weighted by Crippen LogP contribution is 2.28. The summed E-state index contributed by atoms with van der Waals surface area (Å²) in [4.78, 5) is 14.8. The third-order valence-electron chi connectivity index (χ3n) is 3.18. The molecule has 0 amide bonds. The average Bonchev–Trinajstić information content (AvgIpc) is 2.98. The predicted molar refractivity (Wildman–Crippen MR) is 88.7 cm³/mol. The van der Waals surface area contributed by atoms with Gasteiger partial charge in [-0.25, -0.2) is 4.98 Å². The van der Waals surface area contributed by atoms with Crippen molar-refractivity contribution in [2.75, 3.05) is 5.32 Å². The highest BCUT2D eigenvalue weighted by Gasteiger charge is 2.08. The summed E-state index contributed by atoms with van der Waals surface area (Å²) in [6.45, 7) is 2.04. The molecule has 0 aliphatic rings. The summed E-state index contributed by atoms with van der Waals surface area (Å²) in [6.07, 6.45) is 0. The van der Waals surface area contributed by atoms with Gasteiger partial charge in [-0.05, 0) is 31.2 Å². The standard InChI is InChI=1S/C16H13N3O2S/c1-11-2-6-13(7-3-11)17-16-18-15(10-22-16)12-4-8-14(9-5-12)19(20)21/h2-10H,1H3,(H,17,18). The molecule has 0 radical (unpaired) electrons. The number of thiazole rings is 1. The molecule has 3 aromatic rings. The number of non-ortho nitro benzene ring substituents is 1. The van der Waals surface area contributed by atoms with Crippen LogP contribution < -0.4 is 5.32 Å². The van der Waals surface area contributed by atoms with E-state index in [2.05, 4.69) is 10.3 Å². The lowest BCUT2D eigenvalue weighted by Crippen LogP contribution is -1.90. The maximum Gasteiger partial charge on any atom is 0.269 e. The summed E-state index contributed by atoms with van der Waals surface area (Å²) in [5, 5.41) is 16.6. The van der Waals surface area contributed by atoms with E-state index >= 15 is 0 Å². The number of rotatable bonds is 4. The molecule has 6 heteroatoms. The first-order chi connectivity index (χ1) is 10.6. The molecule has 3 rings (SSSR count). The quantitative estimate of drug-likeness (QED) is 0.556. The number of nitrogens with zero attached hydrogens (tertiary/aromatic N) is 2. The Balaban J connectivity index is 1.78. The lowest BCUT2D eigenvalue weighted by molar-refractivity contribution is -0.384. The number of hydrogen-bond donors (Lipinski definition) is 1. The Kier molecular flexibility index (Phi) is 3.84. The number of nitro groups is 1. The van der Waals surface area contributed by atoms with Crippen molar-refractivity contribution in [3.05, 3.63) is 69.6 Å². The zero-order valence-electron chi connectivity index (χ0n) is 11.8. The van der Waals surface area contributed by atoms with Gasteiger partial charge in [0.1, 0.15) is 0 Å². The molecule has 5 nitrogen and oxygen atoms in total. The Morgan fingerprint density at radius 1 is 1.09 bits per heavy atom. The number of nitro benzene ring substituents is 1. The fourth-order valence-electron chi connectivity index (χ4n) is 1.98. The zero-order valence-corrected chi connectivity index (χ0v) is 12.6. The van der Waals surface area contributed by atoms with Crippen molar-refractivity contribution in [3.8, 4) is 11.3 Å². The van der Waals surface area contributed by atoms with Crippen molar-refractivity contribution in [1.82, 2.24) is 4.98 Å². The smallest absolute Gasteiger partial charge is 0.269 e. The molecule has 22 heavy (non-hydrogen) atoms. The molecule has 0 spiro atoms. The van der Waals surface area contributed by atoms with E-state index in [0.717, 1.165) is 22.1 Å². The summed E-state index contributed by atoms with van der Waals surface area (Å²) in [5.41, 5.74) is 3.93. The number of benzene rings is 2. The fourth-order valence-corrected chi connectivity index (χ4v) is 2.72. The second-order valence-corrected chi connectivity index (χ2v) is 5.69. The van der Waals surface area contributed by atoms with Gasteiger partial charge in [0.15, 0.2) is 5.13 Å². The van der Waals surface area contributed by atoms with Crippen molar-refractivity contribution >= 4 is 27.8 Å². The van der Waals surface area contributed by atoms with Gasteiger partial charge in [0.05, 0.1) is 10.6 Å². The minimum atomic E-state index is -0.408. The van der Waals surface area contributed by atoms with E-state index in [1.165, 1.54) is 29.0 Å². The number of aryl methyl sites for hydroxylation is 1. The van der Waals surface area contributed by atoms with Gasteiger partial charge in [-0.1, -0.05) is 17.7 Å². The van der Waals surface area contributed by atoms with Crippen molar-refractivity contribution in [2.24, 2.45) is 0 Å². The van der Waals surface area contributed by atoms with Gasteiger partial charge in [0.25, 0.3) is 5.69 Å². The monoisotopic (exact) mass is 311 g/mol. The van der Waals surface area contributed by atoms with Crippen LogP contribution in [0.4, 0.5) is 16.5 Å². The van der Waals surface area contributed by atoms with Gasteiger partial charge in [-0.15, -0.1) is 11.3 Å². The third kappa shape index (κ3) is 3.12. The van der Waals surface area contributed by atoms with Crippen LogP contribution in [-0.4, -0.2) is 9.91 Å². The van der Waals surface area contributed by atoms with Gasteiger partial charge in [-0.2, -0.15) is 0 Å². The summed E-state index contributed by atoms with van der Waals surface area (Å²) in [5.74, 6) is 0. The number of aromatic nitrogens is 1. The minimum absolute atomic E-state index is 0.0805. The van der Waals surface area contributed by atoms with E-state index in [1.807, 2.05) is 36.6 Å². The molecule has 0 bridgehead atoms. The molecule has 1 aromatic heterocycles. The molecule has 0 unspecified atom stereocenters. The van der Waals surface area contributed by atoms with Crippen LogP contribution in [0.2, 0.25) is 0 Å². The number of anilines is 2. The van der Waals surface area contributed by atoms with Crippen LogP contribution in [0.5, 0.6) is 0 Å². The lowest BCUT2D eigenvalue weighted by Gasteiger charge is -2.02. The third-order valence-corrected chi connectivity index (χ3v) is 3.94. The van der Waals surface area contributed by atoms with Gasteiger partial charge in [0, 0.05) is 28.8 Å². The Hall–Kier alpha value is -2.73. The van der Waals surface area contributed by atoms with Crippen LogP contribution in [-0.2, 0) is 0 Å². The molecule has 0 atom stereocenters. The van der Waals surface area contributed by atoms with E-state index < -0.39 is 4.92 Å². The SMILES string of the molecule is Cc1ccc(Nc2nc(-c3ccc([N+](=O)[O-])cc3)cs2)cc1. The molecule has 1 N–H and O–H groups in total. The molecular weight excluding hydrogens is 298 g/mol. The summed E-state index contributed by atoms with van der Waals surface area (Å²) < 4.78 is 0. The van der Waals surface area contributed by atoms with Gasteiger partial charge >= 0.3 is 0 Å². The minimum Gasteiger partial charge on any atom is -0.332 e. The van der Waals surface area contributed by atoms with Crippen molar-refractivity contribution < 1.29 is 4.92 Å². The normalized spacial score (nSPS) is 10.4. The van der Waals surface area contributed by atoms with E-state index in [9.17, 15) is 10.1 Å². The zero-order chi connectivity index (χ0) is 15.5. The topological polar surface area (TPSA) is 68.1 Å². The molecule has 0 saturated carbocycles. The van der Waals surface area contributed by atoms with Gasteiger partial charge in [0.2, 0.25) is 0 Å². The molecule has 0 aliphatic heterocycles. The van der Waals surface area contributed by atoms with Crippen LogP contribution in [0.25, 0.3) is 11.3 Å². The predicted octanol–water partition coefficient (Wildman–Crippen LogP) is 4.77. The molecule has 0 aliphatic carbocycles. The van der Waals surface area contributed by atoms with Crippen LogP contribution >= 0.6 is 11.3 Å². The summed E-state index contributed by atoms with van der Waals surface area (Å²) in [6, 6.07) is 14.5. The fraction of sp³-hybridized carbons (Fsp3) is 0.0625. The van der Waals surface area contributed by atoms with Gasteiger partial charge in [-0.3, -0.25) is 10.1 Å². The van der Waals surface area contributed by atoms with Crippen molar-refractivity contribution in [3.63, 3.8) is 0 Å². The largest absolute Gasteiger partial charge is 0.332 e. The molecular formula is C16H13N3O2S. The van der Waals surface area contributed by atoms with E-state index in [1.54, 1.807) is 12.1 Å². The molecule has 110 valence electrons. The maximum absolute atomic E-state index is 10.7. The first-order valence-corrected chi connectivity index (χ1v) is 7.54. The Morgan fingerprint density at radius 2 is 1.77 bits per heavy atom. The summed E-state index contributed by atoms with van der Waals surface area (Å²) >= 11 is 1.50. The van der Waals surface area contributed by atoms with Crippen molar-refractivity contribution in [1.29, 1.82) is 0 Å². The number of hydrogen-bond acceptors (Lipinski definition) is 5. The highest BCUT2D eigenvalue weighted by molar-refractivity contribution is 7.14. The van der Waals surface area contributed by atoms with E-state index in [4.69, 9.17) is 0 Å². The van der Waals surface area contributed by atoms with Crippen LogP contribution in [0.15, 0.2) is 53.9 Å². The highest BCUT2D eigenvalue weighted by atomic mass is 32.1. The van der Waals surface area contributed by atoms with Gasteiger partial charge < -0.3 is 5.32 Å². The Labute approximate surface area is 131 Å². The van der Waals surface area contributed by atoms with Crippen LogP contribution in [0.1, 0.15) is 5.56 Å². The lowest BCUT2D eigenvalue weighted by atomic mass is 10.1. The van der Waals surface area contributed by atoms with Crippen LogP contribution in [0.3, 0.4) is 0 Å². The first kappa shape index (κ1) is 14.2. The Bertz CT molecular complexity index is 795. The number of nitrogens with one attached hydrogen (secondary N) is 1. The molecule has 0 saturated heterocycles. The van der Waals surface area contributed by atoms with Crippen LogP contribution in [0, 0.1) is 17.0 Å². The van der Waals surface area contributed by atoms with Crippen molar-refractivity contribution in [2.45, 2.75) is 6.92 Å². The first-order valence-electron chi connectivity index (χ1n) is 6.66. The molecule has 0 fully saturated rings.